The van der Waals surface area contributed by atoms with E-state index in [-0.39, 0.29) is 11.7 Å². The van der Waals surface area contributed by atoms with Crippen LogP contribution in [0.2, 0.25) is 5.15 Å². The van der Waals surface area contributed by atoms with Crippen LogP contribution in [0.5, 0.6) is 0 Å². The SMILES string of the molecule is CC1CCN(c2cc(Cl)nc(SCC(=O)NCCc3ccccc3)n2)CC1. The highest BCUT2D eigenvalue weighted by Crippen LogP contribution is 2.25. The predicted octanol–water partition coefficient (Wildman–Crippen LogP) is 3.82. The molecule has 2 heterocycles. The van der Waals surface area contributed by atoms with Crippen molar-refractivity contribution < 1.29 is 4.79 Å². The number of nitrogens with zero attached hydrogens (tertiary/aromatic N) is 3. The molecule has 27 heavy (non-hydrogen) atoms. The lowest BCUT2D eigenvalue weighted by Gasteiger charge is -2.31. The van der Waals surface area contributed by atoms with E-state index in [2.05, 4.69) is 39.2 Å². The van der Waals surface area contributed by atoms with E-state index in [0.29, 0.717) is 16.9 Å². The maximum absolute atomic E-state index is 12.1. The van der Waals surface area contributed by atoms with Crippen molar-refractivity contribution >= 4 is 35.1 Å². The smallest absolute Gasteiger partial charge is 0.230 e. The van der Waals surface area contributed by atoms with Gasteiger partial charge < -0.3 is 10.2 Å². The van der Waals surface area contributed by atoms with Crippen molar-refractivity contribution in [3.63, 3.8) is 0 Å². The minimum atomic E-state index is -0.0205. The summed E-state index contributed by atoms with van der Waals surface area (Å²) in [5.74, 6) is 1.87. The Balaban J connectivity index is 1.47. The Morgan fingerprint density at radius 1 is 1.26 bits per heavy atom. The molecular formula is C20H25ClN4OS. The number of benzene rings is 1. The maximum atomic E-state index is 12.1. The molecule has 1 fully saturated rings. The Bertz CT molecular complexity index is 751. The summed E-state index contributed by atoms with van der Waals surface area (Å²) in [5.41, 5.74) is 1.21. The molecule has 0 atom stereocenters. The number of nitrogens with one attached hydrogen (secondary N) is 1. The van der Waals surface area contributed by atoms with E-state index in [1.54, 1.807) is 0 Å². The fourth-order valence-corrected chi connectivity index (χ4v) is 3.93. The summed E-state index contributed by atoms with van der Waals surface area (Å²) in [7, 11) is 0. The van der Waals surface area contributed by atoms with Gasteiger partial charge in [0.2, 0.25) is 5.91 Å². The first-order valence-electron chi connectivity index (χ1n) is 9.33. The van der Waals surface area contributed by atoms with Gasteiger partial charge in [0.05, 0.1) is 5.75 Å². The monoisotopic (exact) mass is 404 g/mol. The number of hydrogen-bond acceptors (Lipinski definition) is 5. The van der Waals surface area contributed by atoms with E-state index in [9.17, 15) is 4.79 Å². The first-order valence-corrected chi connectivity index (χ1v) is 10.7. The van der Waals surface area contributed by atoms with Gasteiger partial charge in [0.15, 0.2) is 5.16 Å². The number of carbonyl (C=O) groups is 1. The minimum Gasteiger partial charge on any atom is -0.356 e. The molecule has 0 radical (unpaired) electrons. The van der Waals surface area contributed by atoms with E-state index in [4.69, 9.17) is 11.6 Å². The first kappa shape index (κ1) is 20.0. The van der Waals surface area contributed by atoms with E-state index in [1.807, 2.05) is 24.3 Å². The summed E-state index contributed by atoms with van der Waals surface area (Å²) in [5, 5.41) is 3.91. The number of aromatic nitrogens is 2. The lowest BCUT2D eigenvalue weighted by Crippen LogP contribution is -2.33. The van der Waals surface area contributed by atoms with Crippen molar-refractivity contribution in [1.82, 2.24) is 15.3 Å². The molecule has 7 heteroatoms. The fraction of sp³-hybridized carbons (Fsp3) is 0.450. The second-order valence-electron chi connectivity index (χ2n) is 6.88. The van der Waals surface area contributed by atoms with Crippen LogP contribution in [0.15, 0.2) is 41.6 Å². The summed E-state index contributed by atoms with van der Waals surface area (Å²) >= 11 is 7.50. The third-order valence-corrected chi connectivity index (χ3v) is 5.72. The van der Waals surface area contributed by atoms with Crippen molar-refractivity contribution in [2.75, 3.05) is 30.3 Å². The number of amides is 1. The van der Waals surface area contributed by atoms with Gasteiger partial charge in [0.25, 0.3) is 0 Å². The average Bonchev–Trinajstić information content (AvgIpc) is 2.67. The van der Waals surface area contributed by atoms with Crippen LogP contribution in [-0.4, -0.2) is 41.3 Å². The molecule has 1 aromatic heterocycles. The largest absolute Gasteiger partial charge is 0.356 e. The van der Waals surface area contributed by atoms with Gasteiger partial charge in [-0.1, -0.05) is 60.6 Å². The summed E-state index contributed by atoms with van der Waals surface area (Å²) in [4.78, 5) is 23.2. The third-order valence-electron chi connectivity index (χ3n) is 4.68. The molecule has 1 aromatic carbocycles. The Morgan fingerprint density at radius 2 is 2.00 bits per heavy atom. The topological polar surface area (TPSA) is 58.1 Å². The lowest BCUT2D eigenvalue weighted by atomic mass is 9.99. The van der Waals surface area contributed by atoms with Crippen LogP contribution in [-0.2, 0) is 11.2 Å². The molecule has 1 N–H and O–H groups in total. The van der Waals surface area contributed by atoms with E-state index < -0.39 is 0 Å². The fourth-order valence-electron chi connectivity index (χ4n) is 3.02. The summed E-state index contributed by atoms with van der Waals surface area (Å²) < 4.78 is 0. The van der Waals surface area contributed by atoms with Gasteiger partial charge in [0.1, 0.15) is 11.0 Å². The third kappa shape index (κ3) is 6.40. The molecule has 5 nitrogen and oxygen atoms in total. The van der Waals surface area contributed by atoms with Crippen molar-refractivity contribution in [2.45, 2.75) is 31.3 Å². The van der Waals surface area contributed by atoms with Crippen LogP contribution in [0.4, 0.5) is 5.82 Å². The molecule has 1 amide bonds. The van der Waals surface area contributed by atoms with Gasteiger partial charge in [-0.2, -0.15) is 0 Å². The van der Waals surface area contributed by atoms with Crippen molar-refractivity contribution in [1.29, 1.82) is 0 Å². The normalized spacial score (nSPS) is 15.0. The van der Waals surface area contributed by atoms with Crippen LogP contribution in [0, 0.1) is 5.92 Å². The maximum Gasteiger partial charge on any atom is 0.230 e. The molecule has 1 aliphatic rings. The Labute approximate surface area is 169 Å². The lowest BCUT2D eigenvalue weighted by molar-refractivity contribution is -0.118. The Kier molecular flexibility index (Phi) is 7.35. The number of thioether (sulfide) groups is 1. The molecule has 0 spiro atoms. The molecule has 144 valence electrons. The van der Waals surface area contributed by atoms with Crippen LogP contribution in [0.25, 0.3) is 0 Å². The number of anilines is 1. The molecule has 0 unspecified atom stereocenters. The standard InChI is InChI=1S/C20H25ClN4OS/c1-15-8-11-25(12-9-15)18-13-17(21)23-20(24-18)27-14-19(26)22-10-7-16-5-3-2-4-6-16/h2-6,13,15H,7-12,14H2,1H3,(H,22,26). The highest BCUT2D eigenvalue weighted by atomic mass is 35.5. The molecule has 2 aromatic rings. The molecule has 0 saturated carbocycles. The number of rotatable bonds is 7. The average molecular weight is 405 g/mol. The van der Waals surface area contributed by atoms with Gasteiger partial charge in [0, 0.05) is 25.7 Å². The summed E-state index contributed by atoms with van der Waals surface area (Å²) in [6.07, 6.45) is 3.14. The zero-order valence-corrected chi connectivity index (χ0v) is 17.1. The summed E-state index contributed by atoms with van der Waals surface area (Å²) in [6, 6.07) is 11.9. The molecule has 3 rings (SSSR count). The minimum absolute atomic E-state index is 0.0205. The van der Waals surface area contributed by atoms with Crippen molar-refractivity contribution in [3.8, 4) is 0 Å². The predicted molar refractivity (Wildman–Crippen MR) is 112 cm³/mol. The van der Waals surface area contributed by atoms with E-state index in [1.165, 1.54) is 17.3 Å². The van der Waals surface area contributed by atoms with Crippen LogP contribution < -0.4 is 10.2 Å². The Morgan fingerprint density at radius 3 is 2.74 bits per heavy atom. The molecule has 0 aliphatic carbocycles. The quantitative estimate of drug-likeness (QED) is 0.432. The highest BCUT2D eigenvalue weighted by Gasteiger charge is 2.18. The van der Waals surface area contributed by atoms with Gasteiger partial charge in [-0.15, -0.1) is 0 Å². The number of hydrogen-bond donors (Lipinski definition) is 1. The molecule has 1 aliphatic heterocycles. The van der Waals surface area contributed by atoms with Crippen LogP contribution in [0.3, 0.4) is 0 Å². The second-order valence-corrected chi connectivity index (χ2v) is 8.20. The highest BCUT2D eigenvalue weighted by molar-refractivity contribution is 7.99. The van der Waals surface area contributed by atoms with Crippen molar-refractivity contribution in [2.24, 2.45) is 5.92 Å². The Hall–Kier alpha value is -1.79. The van der Waals surface area contributed by atoms with Crippen LogP contribution in [0.1, 0.15) is 25.3 Å². The van der Waals surface area contributed by atoms with E-state index >= 15 is 0 Å². The molecule has 0 bridgehead atoms. The number of piperidine rings is 1. The number of halogens is 1. The first-order chi connectivity index (χ1) is 13.1. The van der Waals surface area contributed by atoms with Gasteiger partial charge in [-0.25, -0.2) is 9.97 Å². The number of carbonyl (C=O) groups excluding carboxylic acids is 1. The molecular weight excluding hydrogens is 380 g/mol. The van der Waals surface area contributed by atoms with Gasteiger partial charge in [-0.3, -0.25) is 4.79 Å². The zero-order valence-electron chi connectivity index (χ0n) is 15.5. The molecule has 1 saturated heterocycles. The second kappa shape index (κ2) is 9.95. The summed E-state index contributed by atoms with van der Waals surface area (Å²) in [6.45, 7) is 4.87. The van der Waals surface area contributed by atoms with Crippen LogP contribution >= 0.6 is 23.4 Å². The van der Waals surface area contributed by atoms with Crippen molar-refractivity contribution in [3.05, 3.63) is 47.1 Å². The van der Waals surface area contributed by atoms with Gasteiger partial charge in [-0.05, 0) is 30.7 Å². The zero-order chi connectivity index (χ0) is 19.1. The van der Waals surface area contributed by atoms with E-state index in [0.717, 1.165) is 44.1 Å². The van der Waals surface area contributed by atoms with Gasteiger partial charge >= 0.3 is 0 Å².